The van der Waals surface area contributed by atoms with E-state index in [9.17, 15) is 0 Å². The molecule has 0 aromatic carbocycles. The van der Waals surface area contributed by atoms with Gasteiger partial charge < -0.3 is 19.4 Å². The van der Waals surface area contributed by atoms with Crippen LogP contribution in [0.15, 0.2) is 36.8 Å². The van der Waals surface area contributed by atoms with Gasteiger partial charge in [0.25, 0.3) is 0 Å². The van der Waals surface area contributed by atoms with Crippen molar-refractivity contribution < 1.29 is 9.47 Å². The van der Waals surface area contributed by atoms with Crippen LogP contribution in [0.4, 0.5) is 0 Å². The van der Waals surface area contributed by atoms with Gasteiger partial charge in [-0.15, -0.1) is 0 Å². The van der Waals surface area contributed by atoms with Gasteiger partial charge in [-0.25, -0.2) is 0 Å². The van der Waals surface area contributed by atoms with Gasteiger partial charge in [0.05, 0.1) is 13.2 Å². The molecule has 0 spiro atoms. The zero-order chi connectivity index (χ0) is 19.9. The zero-order valence-corrected chi connectivity index (χ0v) is 17.8. The molecule has 0 aliphatic carbocycles. The van der Waals surface area contributed by atoms with E-state index in [0.717, 1.165) is 38.4 Å². The fourth-order valence-electron chi connectivity index (χ4n) is 3.49. The molecule has 1 aliphatic rings. The molecule has 26 heavy (non-hydrogen) atoms. The van der Waals surface area contributed by atoms with Gasteiger partial charge in [-0.2, -0.15) is 5.01 Å². The van der Waals surface area contributed by atoms with Crippen LogP contribution < -0.4 is 0 Å². The van der Waals surface area contributed by atoms with E-state index in [4.69, 9.17) is 9.47 Å². The molecule has 0 aromatic heterocycles. The van der Waals surface area contributed by atoms with Crippen LogP contribution in [-0.2, 0) is 9.47 Å². The number of nitrogens with zero attached hydrogens (tertiary/aromatic N) is 4. The Kier molecular flexibility index (Phi) is 8.83. The van der Waals surface area contributed by atoms with Crippen molar-refractivity contribution in [1.82, 2.24) is 19.8 Å². The number of likely N-dealkylation sites (N-methyl/N-ethyl adjacent to an activating group) is 2. The van der Waals surface area contributed by atoms with Crippen LogP contribution in [0.3, 0.4) is 0 Å². The smallest absolute Gasteiger partial charge is 0.158 e. The van der Waals surface area contributed by atoms with Crippen molar-refractivity contribution in [3.05, 3.63) is 36.8 Å². The van der Waals surface area contributed by atoms with E-state index in [-0.39, 0.29) is 6.04 Å². The van der Waals surface area contributed by atoms with Crippen LogP contribution in [-0.4, -0.2) is 85.6 Å². The average molecular weight is 367 g/mol. The maximum atomic E-state index is 6.02. The Morgan fingerprint density at radius 1 is 1.27 bits per heavy atom. The third-order valence-corrected chi connectivity index (χ3v) is 5.69. The number of hydrazine groups is 1. The van der Waals surface area contributed by atoms with Crippen LogP contribution in [0.5, 0.6) is 0 Å². The molecule has 1 saturated heterocycles. The molecule has 2 unspecified atom stereocenters. The SMILES string of the molecule is C=CN(CC)/C(=C(/C)C(C)(OC)N(C)N(C)C=C)C(C)N1CCOCC1. The Bertz CT molecular complexity index is 502. The fraction of sp³-hybridized carbons (Fsp3) is 0.700. The number of hydrogen-bond donors (Lipinski definition) is 0. The molecule has 0 saturated carbocycles. The minimum absolute atomic E-state index is 0.230. The van der Waals surface area contributed by atoms with Gasteiger partial charge in [0, 0.05) is 58.8 Å². The van der Waals surface area contributed by atoms with Crippen LogP contribution in [0.25, 0.3) is 0 Å². The Morgan fingerprint density at radius 2 is 1.85 bits per heavy atom. The second-order valence-electron chi connectivity index (χ2n) is 6.77. The van der Waals surface area contributed by atoms with Gasteiger partial charge >= 0.3 is 0 Å². The van der Waals surface area contributed by atoms with Crippen molar-refractivity contribution in [2.24, 2.45) is 0 Å². The summed E-state index contributed by atoms with van der Waals surface area (Å²) in [5.41, 5.74) is 1.75. The number of hydrogen-bond acceptors (Lipinski definition) is 6. The Hall–Kier alpha value is -1.34. The number of morpholine rings is 1. The largest absolute Gasteiger partial charge is 0.379 e. The molecule has 0 radical (unpaired) electrons. The average Bonchev–Trinajstić information content (AvgIpc) is 2.69. The predicted octanol–water partition coefficient (Wildman–Crippen LogP) is 2.73. The topological polar surface area (TPSA) is 31.4 Å². The molecule has 150 valence electrons. The fourth-order valence-corrected chi connectivity index (χ4v) is 3.49. The molecule has 0 amide bonds. The van der Waals surface area contributed by atoms with Crippen molar-refractivity contribution >= 4 is 0 Å². The van der Waals surface area contributed by atoms with Crippen LogP contribution >= 0.6 is 0 Å². The molecule has 0 bridgehead atoms. The van der Waals surface area contributed by atoms with Gasteiger partial charge in [0.2, 0.25) is 0 Å². The molecular weight excluding hydrogens is 328 g/mol. The quantitative estimate of drug-likeness (QED) is 0.437. The van der Waals surface area contributed by atoms with Gasteiger partial charge in [0.15, 0.2) is 5.72 Å². The summed E-state index contributed by atoms with van der Waals surface area (Å²) in [4.78, 5) is 4.68. The normalized spacial score (nSPS) is 20.2. The maximum absolute atomic E-state index is 6.02. The lowest BCUT2D eigenvalue weighted by Gasteiger charge is -2.46. The van der Waals surface area contributed by atoms with E-state index in [0.29, 0.717) is 0 Å². The monoisotopic (exact) mass is 366 g/mol. The molecular formula is C20H38N4O2. The highest BCUT2D eigenvalue weighted by Crippen LogP contribution is 2.32. The van der Waals surface area contributed by atoms with Crippen molar-refractivity contribution in [3.8, 4) is 0 Å². The zero-order valence-electron chi connectivity index (χ0n) is 17.8. The van der Waals surface area contributed by atoms with E-state index in [1.54, 1.807) is 13.3 Å². The predicted molar refractivity (Wildman–Crippen MR) is 108 cm³/mol. The minimum atomic E-state index is -0.616. The molecule has 1 fully saturated rings. The van der Waals surface area contributed by atoms with Gasteiger partial charge in [0.1, 0.15) is 0 Å². The third kappa shape index (κ3) is 4.68. The summed E-state index contributed by atoms with van der Waals surface area (Å²) < 4.78 is 11.6. The highest BCUT2D eigenvalue weighted by Gasteiger charge is 2.38. The molecule has 6 heteroatoms. The molecule has 1 rings (SSSR count). The number of rotatable bonds is 10. The van der Waals surface area contributed by atoms with Crippen molar-refractivity contribution in [3.63, 3.8) is 0 Å². The maximum Gasteiger partial charge on any atom is 0.158 e. The van der Waals surface area contributed by atoms with Gasteiger partial charge in [-0.05, 0) is 39.5 Å². The summed E-state index contributed by atoms with van der Waals surface area (Å²) in [7, 11) is 5.72. The summed E-state index contributed by atoms with van der Waals surface area (Å²) in [5, 5.41) is 3.99. The number of methoxy groups -OCH3 is 1. The van der Waals surface area contributed by atoms with E-state index in [1.807, 2.05) is 25.3 Å². The Labute approximate surface area is 160 Å². The minimum Gasteiger partial charge on any atom is -0.379 e. The molecule has 6 nitrogen and oxygen atoms in total. The first kappa shape index (κ1) is 22.7. The van der Waals surface area contributed by atoms with Crippen molar-refractivity contribution in [2.75, 3.05) is 54.1 Å². The highest BCUT2D eigenvalue weighted by molar-refractivity contribution is 5.26. The first-order valence-corrected chi connectivity index (χ1v) is 9.34. The highest BCUT2D eigenvalue weighted by atomic mass is 16.5. The summed E-state index contributed by atoms with van der Waals surface area (Å²) >= 11 is 0. The summed E-state index contributed by atoms with van der Waals surface area (Å²) in [6.45, 7) is 20.8. The van der Waals surface area contributed by atoms with Gasteiger partial charge in [-0.1, -0.05) is 13.2 Å². The van der Waals surface area contributed by atoms with Crippen LogP contribution in [0.1, 0.15) is 27.7 Å². The van der Waals surface area contributed by atoms with E-state index in [2.05, 4.69) is 55.7 Å². The van der Waals surface area contributed by atoms with Crippen LogP contribution in [0.2, 0.25) is 0 Å². The van der Waals surface area contributed by atoms with E-state index >= 15 is 0 Å². The second kappa shape index (κ2) is 10.1. The van der Waals surface area contributed by atoms with E-state index < -0.39 is 5.72 Å². The first-order chi connectivity index (χ1) is 12.3. The van der Waals surface area contributed by atoms with E-state index in [1.165, 1.54) is 5.70 Å². The summed E-state index contributed by atoms with van der Waals surface area (Å²) in [6.07, 6.45) is 3.68. The molecule has 0 aromatic rings. The lowest BCUT2D eigenvalue weighted by atomic mass is 9.97. The first-order valence-electron chi connectivity index (χ1n) is 9.34. The standard InChI is InChI=1S/C20H38N4O2/c1-10-21(7)22(8)20(6,25-9)17(4)19(23(11-2)12-3)18(5)24-13-15-26-16-14-24/h10-11,18H,1-2,12-16H2,3-9H3/b19-17-. The van der Waals surface area contributed by atoms with Crippen molar-refractivity contribution in [1.29, 1.82) is 0 Å². The molecule has 1 heterocycles. The molecule has 1 aliphatic heterocycles. The Balaban J connectivity index is 3.43. The molecule has 0 N–H and O–H groups in total. The third-order valence-electron chi connectivity index (χ3n) is 5.69. The molecule has 2 atom stereocenters. The van der Waals surface area contributed by atoms with Gasteiger partial charge in [-0.3, -0.25) is 4.90 Å². The van der Waals surface area contributed by atoms with Crippen molar-refractivity contribution in [2.45, 2.75) is 39.5 Å². The summed E-state index contributed by atoms with van der Waals surface area (Å²) in [5.74, 6) is 0. The lowest BCUT2D eigenvalue weighted by molar-refractivity contribution is -0.158. The van der Waals surface area contributed by atoms with Crippen LogP contribution in [0, 0.1) is 0 Å². The Morgan fingerprint density at radius 3 is 2.27 bits per heavy atom. The lowest BCUT2D eigenvalue weighted by Crippen LogP contribution is -2.54. The summed E-state index contributed by atoms with van der Waals surface area (Å²) in [6, 6.07) is 0.230. The second-order valence-corrected chi connectivity index (χ2v) is 6.77. The number of ether oxygens (including phenoxy) is 2.